The predicted octanol–water partition coefficient (Wildman–Crippen LogP) is 3.52. The van der Waals surface area contributed by atoms with Gasteiger partial charge in [-0.15, -0.1) is 10.2 Å². The van der Waals surface area contributed by atoms with Crippen molar-refractivity contribution in [3.05, 3.63) is 60.2 Å². The normalized spacial score (nSPS) is 10.8. The van der Waals surface area contributed by atoms with Crippen LogP contribution in [0.2, 0.25) is 0 Å². The number of hydrogen-bond donors (Lipinski definition) is 2. The van der Waals surface area contributed by atoms with E-state index in [1.54, 1.807) is 7.11 Å². The fraction of sp³-hybridized carbons (Fsp3) is 0.304. The molecule has 8 nitrogen and oxygen atoms in total. The zero-order chi connectivity index (χ0) is 22.9. The smallest absolute Gasteiger partial charge is 0.321 e. The predicted molar refractivity (Wildman–Crippen MR) is 125 cm³/mol. The molecule has 2 aromatic carbocycles. The molecule has 0 saturated carbocycles. The summed E-state index contributed by atoms with van der Waals surface area (Å²) in [4.78, 5) is 23.9. The minimum atomic E-state index is -0.505. The van der Waals surface area contributed by atoms with Crippen molar-refractivity contribution in [2.24, 2.45) is 0 Å². The summed E-state index contributed by atoms with van der Waals surface area (Å²) >= 11 is 1.25. The molecule has 1 heterocycles. The highest BCUT2D eigenvalue weighted by Crippen LogP contribution is 2.26. The lowest BCUT2D eigenvalue weighted by Gasteiger charge is -2.11. The van der Waals surface area contributed by atoms with Gasteiger partial charge in [0.25, 0.3) is 0 Å². The van der Waals surface area contributed by atoms with Crippen LogP contribution in [0.25, 0.3) is 11.4 Å². The van der Waals surface area contributed by atoms with Crippen LogP contribution in [0.4, 0.5) is 4.79 Å². The maximum absolute atomic E-state index is 12.2. The van der Waals surface area contributed by atoms with Gasteiger partial charge in [0.2, 0.25) is 5.91 Å². The van der Waals surface area contributed by atoms with Crippen LogP contribution in [0.3, 0.4) is 0 Å². The fourth-order valence-corrected chi connectivity index (χ4v) is 3.79. The zero-order valence-electron chi connectivity index (χ0n) is 18.4. The number of carbonyl (C=O) groups excluding carboxylic acids is 2. The Balaban J connectivity index is 1.76. The van der Waals surface area contributed by atoms with Crippen molar-refractivity contribution in [1.29, 1.82) is 0 Å². The number of aryl methyl sites for hydroxylation is 1. The van der Waals surface area contributed by atoms with E-state index in [9.17, 15) is 9.59 Å². The van der Waals surface area contributed by atoms with Gasteiger partial charge in [0.15, 0.2) is 11.0 Å². The second kappa shape index (κ2) is 11.3. The highest BCUT2D eigenvalue weighted by atomic mass is 32.2. The van der Waals surface area contributed by atoms with E-state index < -0.39 is 11.9 Å². The number of carbonyl (C=O) groups is 2. The molecule has 2 N–H and O–H groups in total. The Hall–Kier alpha value is -3.33. The number of hydrogen-bond acceptors (Lipinski definition) is 6. The molecule has 0 fully saturated rings. The molecule has 9 heteroatoms. The van der Waals surface area contributed by atoms with Crippen molar-refractivity contribution in [3.8, 4) is 17.1 Å². The minimum absolute atomic E-state index is 0.0522. The maximum atomic E-state index is 12.2. The van der Waals surface area contributed by atoms with Crippen LogP contribution in [0.15, 0.2) is 59.8 Å². The van der Waals surface area contributed by atoms with Gasteiger partial charge in [-0.1, -0.05) is 42.1 Å². The molecule has 0 aliphatic carbocycles. The van der Waals surface area contributed by atoms with Crippen molar-refractivity contribution in [2.75, 3.05) is 12.9 Å². The largest absolute Gasteiger partial charge is 0.497 e. The first kappa shape index (κ1) is 23.3. The Kier molecular flexibility index (Phi) is 8.27. The van der Waals surface area contributed by atoms with Crippen LogP contribution >= 0.6 is 11.8 Å². The first-order chi connectivity index (χ1) is 15.5. The highest BCUT2D eigenvalue weighted by Gasteiger charge is 2.17. The van der Waals surface area contributed by atoms with E-state index in [0.717, 1.165) is 17.7 Å². The number of aromatic nitrogens is 3. The SMILES string of the molecule is COc1ccc(-c2nnc(SCC(=O)NC(=O)NC(C)C)n2CCc2ccccc2)cc1. The van der Waals surface area contributed by atoms with E-state index in [4.69, 9.17) is 4.74 Å². The monoisotopic (exact) mass is 453 g/mol. The van der Waals surface area contributed by atoms with Crippen molar-refractivity contribution in [1.82, 2.24) is 25.4 Å². The lowest BCUT2D eigenvalue weighted by molar-refractivity contribution is -0.117. The van der Waals surface area contributed by atoms with E-state index in [2.05, 4.69) is 33.0 Å². The summed E-state index contributed by atoms with van der Waals surface area (Å²) in [7, 11) is 1.62. The number of rotatable bonds is 9. The average molecular weight is 454 g/mol. The molecule has 0 saturated heterocycles. The van der Waals surface area contributed by atoms with Gasteiger partial charge < -0.3 is 14.6 Å². The molecule has 3 aromatic rings. The molecule has 0 radical (unpaired) electrons. The van der Waals surface area contributed by atoms with E-state index in [-0.39, 0.29) is 11.8 Å². The first-order valence-corrected chi connectivity index (χ1v) is 11.3. The quantitative estimate of drug-likeness (QED) is 0.481. The summed E-state index contributed by atoms with van der Waals surface area (Å²) in [5, 5.41) is 14.3. The number of thioether (sulfide) groups is 1. The summed E-state index contributed by atoms with van der Waals surface area (Å²) in [6.45, 7) is 4.31. The third-order valence-corrected chi connectivity index (χ3v) is 5.50. The molecule has 0 bridgehead atoms. The lowest BCUT2D eigenvalue weighted by atomic mass is 10.1. The molecule has 0 spiro atoms. The Morgan fingerprint density at radius 3 is 2.44 bits per heavy atom. The molecular formula is C23H27N5O3S. The van der Waals surface area contributed by atoms with E-state index >= 15 is 0 Å². The summed E-state index contributed by atoms with van der Waals surface area (Å²) in [5.74, 6) is 1.13. The number of methoxy groups -OCH3 is 1. The first-order valence-electron chi connectivity index (χ1n) is 10.3. The van der Waals surface area contributed by atoms with Crippen molar-refractivity contribution in [3.63, 3.8) is 0 Å². The second-order valence-electron chi connectivity index (χ2n) is 7.39. The number of nitrogens with zero attached hydrogens (tertiary/aromatic N) is 3. The summed E-state index contributed by atoms with van der Waals surface area (Å²) in [6, 6.07) is 17.2. The number of amides is 3. The molecule has 1 aromatic heterocycles. The Bertz CT molecular complexity index is 1040. The van der Waals surface area contributed by atoms with Gasteiger partial charge in [-0.25, -0.2) is 4.79 Å². The zero-order valence-corrected chi connectivity index (χ0v) is 19.2. The van der Waals surface area contributed by atoms with E-state index in [0.29, 0.717) is 17.5 Å². The van der Waals surface area contributed by atoms with Crippen LogP contribution in [-0.4, -0.2) is 45.6 Å². The highest BCUT2D eigenvalue weighted by molar-refractivity contribution is 7.99. The fourth-order valence-electron chi connectivity index (χ4n) is 3.03. The Morgan fingerprint density at radius 2 is 1.78 bits per heavy atom. The second-order valence-corrected chi connectivity index (χ2v) is 8.33. The molecule has 3 rings (SSSR count). The molecule has 3 amide bonds. The molecule has 0 aliphatic rings. The Labute approximate surface area is 191 Å². The molecule has 32 heavy (non-hydrogen) atoms. The average Bonchev–Trinajstić information content (AvgIpc) is 3.19. The molecule has 0 aliphatic heterocycles. The van der Waals surface area contributed by atoms with Gasteiger partial charge >= 0.3 is 6.03 Å². The van der Waals surface area contributed by atoms with Gasteiger partial charge in [-0.3, -0.25) is 10.1 Å². The number of nitrogens with one attached hydrogen (secondary N) is 2. The molecule has 0 atom stereocenters. The van der Waals surface area contributed by atoms with Crippen molar-refractivity contribution in [2.45, 2.75) is 38.0 Å². The van der Waals surface area contributed by atoms with Crippen LogP contribution in [-0.2, 0) is 17.8 Å². The van der Waals surface area contributed by atoms with Gasteiger partial charge in [0.05, 0.1) is 12.9 Å². The molecular weight excluding hydrogens is 426 g/mol. The van der Waals surface area contributed by atoms with Crippen LogP contribution in [0.1, 0.15) is 19.4 Å². The molecule has 0 unspecified atom stereocenters. The number of urea groups is 1. The number of ether oxygens (including phenoxy) is 1. The Morgan fingerprint density at radius 1 is 1.06 bits per heavy atom. The third-order valence-electron chi connectivity index (χ3n) is 4.54. The lowest BCUT2D eigenvalue weighted by Crippen LogP contribution is -2.43. The minimum Gasteiger partial charge on any atom is -0.497 e. The van der Waals surface area contributed by atoms with Crippen LogP contribution < -0.4 is 15.4 Å². The van der Waals surface area contributed by atoms with Gasteiger partial charge in [0.1, 0.15) is 5.75 Å². The van der Waals surface area contributed by atoms with Crippen molar-refractivity contribution < 1.29 is 14.3 Å². The van der Waals surface area contributed by atoms with E-state index in [1.807, 2.05) is 60.9 Å². The van der Waals surface area contributed by atoms with Gasteiger partial charge in [-0.05, 0) is 50.1 Å². The topological polar surface area (TPSA) is 98.1 Å². The summed E-state index contributed by atoms with van der Waals surface area (Å²) in [5.41, 5.74) is 2.10. The third kappa shape index (κ3) is 6.58. The number of imide groups is 1. The summed E-state index contributed by atoms with van der Waals surface area (Å²) < 4.78 is 7.24. The molecule has 168 valence electrons. The van der Waals surface area contributed by atoms with Gasteiger partial charge in [-0.2, -0.15) is 0 Å². The standard InChI is InChI=1S/C23H27N5O3S/c1-16(2)24-22(30)25-20(29)15-32-23-27-26-21(18-9-11-19(31-3)12-10-18)28(23)14-13-17-7-5-4-6-8-17/h4-12,16H,13-15H2,1-3H3,(H2,24,25,29,30). The van der Waals surface area contributed by atoms with Crippen molar-refractivity contribution >= 4 is 23.7 Å². The van der Waals surface area contributed by atoms with Gasteiger partial charge in [0, 0.05) is 18.2 Å². The summed E-state index contributed by atoms with van der Waals surface area (Å²) in [6.07, 6.45) is 0.790. The van der Waals surface area contributed by atoms with Crippen LogP contribution in [0, 0.1) is 0 Å². The van der Waals surface area contributed by atoms with Crippen LogP contribution in [0.5, 0.6) is 5.75 Å². The van der Waals surface area contributed by atoms with E-state index in [1.165, 1.54) is 17.3 Å². The number of benzene rings is 2. The maximum Gasteiger partial charge on any atom is 0.321 e.